The number of amides is 1. The molecule has 1 saturated heterocycles. The molecule has 2 aromatic carbocycles. The van der Waals surface area contributed by atoms with Crippen molar-refractivity contribution in [3.05, 3.63) is 65.5 Å². The maximum atomic E-state index is 14.0. The Balaban J connectivity index is 1.51. The maximum Gasteiger partial charge on any atom is 0.226 e. The third-order valence-electron chi connectivity index (χ3n) is 5.43. The highest BCUT2D eigenvalue weighted by molar-refractivity contribution is 5.83. The topological polar surface area (TPSA) is 29.5 Å². The van der Waals surface area contributed by atoms with Crippen LogP contribution in [-0.2, 0) is 4.79 Å². The molecule has 1 aliphatic heterocycles. The summed E-state index contributed by atoms with van der Waals surface area (Å²) in [6.45, 7) is 0.779. The molecule has 0 bridgehead atoms. The van der Waals surface area contributed by atoms with Crippen LogP contribution in [0.3, 0.4) is 0 Å². The molecule has 25 heavy (non-hydrogen) atoms. The van der Waals surface area contributed by atoms with E-state index in [4.69, 9.17) is 4.74 Å². The summed E-state index contributed by atoms with van der Waals surface area (Å²) in [5.74, 6) is 0.725. The van der Waals surface area contributed by atoms with Crippen molar-refractivity contribution in [3.8, 4) is 5.75 Å². The maximum absolute atomic E-state index is 14.0. The van der Waals surface area contributed by atoms with Crippen LogP contribution >= 0.6 is 0 Å². The molecule has 2 fully saturated rings. The molecule has 3 unspecified atom stereocenters. The highest BCUT2D eigenvalue weighted by Crippen LogP contribution is 2.50. The Labute approximate surface area is 147 Å². The lowest BCUT2D eigenvalue weighted by Gasteiger charge is -2.25. The smallest absolute Gasteiger partial charge is 0.226 e. The number of hydrogen-bond donors (Lipinski definition) is 0. The fourth-order valence-corrected chi connectivity index (χ4v) is 4.03. The Morgan fingerprint density at radius 1 is 1.20 bits per heavy atom. The van der Waals surface area contributed by atoms with Crippen LogP contribution in [0.5, 0.6) is 5.75 Å². The minimum atomic E-state index is -0.200. The van der Waals surface area contributed by atoms with Crippen molar-refractivity contribution in [1.82, 2.24) is 4.90 Å². The van der Waals surface area contributed by atoms with Gasteiger partial charge >= 0.3 is 0 Å². The van der Waals surface area contributed by atoms with Crippen molar-refractivity contribution >= 4 is 5.91 Å². The molecule has 1 amide bonds. The summed E-state index contributed by atoms with van der Waals surface area (Å²) in [7, 11) is 1.65. The molecule has 4 rings (SSSR count). The first kappa shape index (κ1) is 16.1. The summed E-state index contributed by atoms with van der Waals surface area (Å²) in [4.78, 5) is 15.0. The van der Waals surface area contributed by atoms with Gasteiger partial charge in [-0.2, -0.15) is 0 Å². The third kappa shape index (κ3) is 3.01. The number of carbonyl (C=O) groups is 1. The van der Waals surface area contributed by atoms with E-state index in [-0.39, 0.29) is 29.6 Å². The molecule has 3 atom stereocenters. The van der Waals surface area contributed by atoms with E-state index in [1.54, 1.807) is 19.2 Å². The van der Waals surface area contributed by atoms with Crippen molar-refractivity contribution in [3.63, 3.8) is 0 Å². The molecule has 0 radical (unpaired) electrons. The van der Waals surface area contributed by atoms with E-state index in [0.29, 0.717) is 5.56 Å². The van der Waals surface area contributed by atoms with Gasteiger partial charge in [0.25, 0.3) is 0 Å². The lowest BCUT2D eigenvalue weighted by molar-refractivity contribution is -0.133. The number of methoxy groups -OCH3 is 1. The van der Waals surface area contributed by atoms with Crippen LogP contribution in [0, 0.1) is 11.7 Å². The summed E-state index contributed by atoms with van der Waals surface area (Å²) in [6, 6.07) is 14.9. The first-order valence-electron chi connectivity index (χ1n) is 8.88. The Morgan fingerprint density at radius 3 is 2.84 bits per heavy atom. The summed E-state index contributed by atoms with van der Waals surface area (Å²) in [5.41, 5.74) is 1.80. The molecule has 2 aliphatic rings. The Morgan fingerprint density at radius 2 is 2.04 bits per heavy atom. The van der Waals surface area contributed by atoms with Gasteiger partial charge in [-0.15, -0.1) is 0 Å². The van der Waals surface area contributed by atoms with Gasteiger partial charge in [-0.1, -0.05) is 30.3 Å². The Bertz CT molecular complexity index is 791. The molecule has 0 aromatic heterocycles. The Hall–Kier alpha value is -2.36. The number of likely N-dealkylation sites (tertiary alicyclic amines) is 1. The lowest BCUT2D eigenvalue weighted by Crippen LogP contribution is -2.32. The van der Waals surface area contributed by atoms with E-state index in [0.717, 1.165) is 37.1 Å². The lowest BCUT2D eigenvalue weighted by atomic mass is 10.0. The second-order valence-electron chi connectivity index (χ2n) is 6.94. The second-order valence-corrected chi connectivity index (χ2v) is 6.94. The van der Waals surface area contributed by atoms with E-state index in [2.05, 4.69) is 6.07 Å². The molecule has 130 valence electrons. The van der Waals surface area contributed by atoms with Gasteiger partial charge in [0, 0.05) is 12.5 Å². The highest BCUT2D eigenvalue weighted by atomic mass is 19.1. The Kier molecular flexibility index (Phi) is 4.20. The van der Waals surface area contributed by atoms with Crippen LogP contribution in [0.25, 0.3) is 0 Å². The number of benzene rings is 2. The molecule has 4 heteroatoms. The van der Waals surface area contributed by atoms with Gasteiger partial charge in [-0.05, 0) is 54.5 Å². The monoisotopic (exact) mass is 339 g/mol. The minimum Gasteiger partial charge on any atom is -0.497 e. The van der Waals surface area contributed by atoms with E-state index in [1.165, 1.54) is 6.07 Å². The van der Waals surface area contributed by atoms with Gasteiger partial charge in [-0.3, -0.25) is 4.79 Å². The molecular weight excluding hydrogens is 317 g/mol. The zero-order valence-electron chi connectivity index (χ0n) is 14.3. The van der Waals surface area contributed by atoms with Gasteiger partial charge in [0.05, 0.1) is 13.2 Å². The van der Waals surface area contributed by atoms with Crippen LogP contribution in [-0.4, -0.2) is 24.5 Å². The molecule has 1 aliphatic carbocycles. The SMILES string of the molecule is COc1cccc(C2CCCN2C(=O)C2CC2c2ccccc2F)c1. The standard InChI is InChI=1S/C21H22FNO2/c1-25-15-7-4-6-14(12-15)20-10-5-11-23(20)21(24)18-13-17(18)16-8-2-3-9-19(16)22/h2-4,6-9,12,17-18,20H,5,10-11,13H2,1H3. The number of halogens is 1. The zero-order valence-corrected chi connectivity index (χ0v) is 14.3. The fraction of sp³-hybridized carbons (Fsp3) is 0.381. The van der Waals surface area contributed by atoms with E-state index in [1.807, 2.05) is 29.2 Å². The van der Waals surface area contributed by atoms with Crippen molar-refractivity contribution < 1.29 is 13.9 Å². The average Bonchev–Trinajstić information content (AvgIpc) is 3.28. The largest absolute Gasteiger partial charge is 0.497 e. The van der Waals surface area contributed by atoms with Crippen LogP contribution in [0.4, 0.5) is 4.39 Å². The van der Waals surface area contributed by atoms with E-state index < -0.39 is 0 Å². The molecule has 1 heterocycles. The van der Waals surface area contributed by atoms with Crippen molar-refractivity contribution in [2.75, 3.05) is 13.7 Å². The average molecular weight is 339 g/mol. The molecular formula is C21H22FNO2. The quantitative estimate of drug-likeness (QED) is 0.831. The van der Waals surface area contributed by atoms with Gasteiger partial charge in [0.15, 0.2) is 0 Å². The number of carbonyl (C=O) groups excluding carboxylic acids is 1. The van der Waals surface area contributed by atoms with Crippen molar-refractivity contribution in [1.29, 1.82) is 0 Å². The fourth-order valence-electron chi connectivity index (χ4n) is 4.03. The number of hydrogen-bond acceptors (Lipinski definition) is 2. The van der Waals surface area contributed by atoms with E-state index in [9.17, 15) is 9.18 Å². The summed E-state index contributed by atoms with van der Waals surface area (Å²) in [6.07, 6.45) is 2.72. The molecule has 2 aromatic rings. The number of nitrogens with zero attached hydrogens (tertiary/aromatic N) is 1. The molecule has 0 N–H and O–H groups in total. The third-order valence-corrected chi connectivity index (χ3v) is 5.43. The van der Waals surface area contributed by atoms with Gasteiger partial charge in [0.1, 0.15) is 11.6 Å². The van der Waals surface area contributed by atoms with Gasteiger partial charge in [0.2, 0.25) is 5.91 Å². The van der Waals surface area contributed by atoms with Crippen molar-refractivity contribution in [2.45, 2.75) is 31.2 Å². The van der Waals surface area contributed by atoms with E-state index >= 15 is 0 Å². The van der Waals surface area contributed by atoms with Crippen LogP contribution in [0.2, 0.25) is 0 Å². The zero-order chi connectivity index (χ0) is 17.4. The molecule has 3 nitrogen and oxygen atoms in total. The molecule has 0 spiro atoms. The van der Waals surface area contributed by atoms with Crippen LogP contribution in [0.15, 0.2) is 48.5 Å². The summed E-state index contributed by atoms with van der Waals surface area (Å²) >= 11 is 0. The predicted octanol–water partition coefficient (Wildman–Crippen LogP) is 4.30. The van der Waals surface area contributed by atoms with Crippen LogP contribution < -0.4 is 4.74 Å². The number of rotatable bonds is 4. The van der Waals surface area contributed by atoms with Crippen molar-refractivity contribution in [2.24, 2.45) is 5.92 Å². The summed E-state index contributed by atoms with van der Waals surface area (Å²) < 4.78 is 19.3. The minimum absolute atomic E-state index is 0.0280. The van der Waals surface area contributed by atoms with Crippen LogP contribution in [0.1, 0.15) is 42.3 Å². The summed E-state index contributed by atoms with van der Waals surface area (Å²) in [5, 5.41) is 0. The first-order chi connectivity index (χ1) is 12.2. The van der Waals surface area contributed by atoms with Gasteiger partial charge < -0.3 is 9.64 Å². The van der Waals surface area contributed by atoms with Gasteiger partial charge in [-0.25, -0.2) is 4.39 Å². The predicted molar refractivity (Wildman–Crippen MR) is 93.9 cm³/mol. The molecule has 1 saturated carbocycles. The normalized spacial score (nSPS) is 25.0. The number of ether oxygens (including phenoxy) is 1. The second kappa shape index (κ2) is 6.51. The first-order valence-corrected chi connectivity index (χ1v) is 8.88. The highest BCUT2D eigenvalue weighted by Gasteiger charge is 2.48.